The van der Waals surface area contributed by atoms with Gasteiger partial charge in [0.05, 0.1) is 5.92 Å². The molecule has 1 heterocycles. The van der Waals surface area contributed by atoms with Gasteiger partial charge in [-0.25, -0.2) is 0 Å². The van der Waals surface area contributed by atoms with E-state index in [1.165, 1.54) is 0 Å². The maximum atomic E-state index is 12.7. The molecule has 1 atom stereocenters. The molecule has 0 bridgehead atoms. The number of benzene rings is 2. The van der Waals surface area contributed by atoms with Gasteiger partial charge in [-0.15, -0.1) is 0 Å². The van der Waals surface area contributed by atoms with E-state index in [-0.39, 0.29) is 24.2 Å². The van der Waals surface area contributed by atoms with Crippen LogP contribution in [0.15, 0.2) is 36.4 Å². The van der Waals surface area contributed by atoms with Gasteiger partial charge in [-0.2, -0.15) is 0 Å². The molecule has 25 heavy (non-hydrogen) atoms. The van der Waals surface area contributed by atoms with Gasteiger partial charge in [-0.05, 0) is 56.0 Å². The zero-order chi connectivity index (χ0) is 18.1. The highest BCUT2D eigenvalue weighted by molar-refractivity contribution is 6.04. The molecule has 1 N–H and O–H groups in total. The van der Waals surface area contributed by atoms with E-state index in [4.69, 9.17) is 0 Å². The summed E-state index contributed by atoms with van der Waals surface area (Å²) in [5.74, 6) is -0.402. The molecule has 1 aliphatic heterocycles. The van der Waals surface area contributed by atoms with Crippen LogP contribution in [0, 0.1) is 33.6 Å². The third kappa shape index (κ3) is 3.43. The minimum atomic E-state index is -0.327. The Labute approximate surface area is 148 Å². The normalized spacial score (nSPS) is 17.0. The van der Waals surface area contributed by atoms with E-state index >= 15 is 0 Å². The maximum absolute atomic E-state index is 12.7. The minimum Gasteiger partial charge on any atom is -0.325 e. The summed E-state index contributed by atoms with van der Waals surface area (Å²) in [4.78, 5) is 26.9. The first-order valence-corrected chi connectivity index (χ1v) is 8.61. The summed E-state index contributed by atoms with van der Waals surface area (Å²) < 4.78 is 0. The van der Waals surface area contributed by atoms with Crippen LogP contribution in [0.4, 0.5) is 11.4 Å². The van der Waals surface area contributed by atoms with Crippen molar-refractivity contribution >= 4 is 23.2 Å². The molecule has 2 aromatic carbocycles. The minimum absolute atomic E-state index is 0.00959. The molecule has 2 amide bonds. The van der Waals surface area contributed by atoms with Crippen LogP contribution in [0.5, 0.6) is 0 Å². The number of amides is 2. The molecule has 0 unspecified atom stereocenters. The summed E-state index contributed by atoms with van der Waals surface area (Å²) in [5.41, 5.74) is 5.98. The number of rotatable bonds is 3. The molecule has 3 rings (SSSR count). The first-order chi connectivity index (χ1) is 11.9. The zero-order valence-electron chi connectivity index (χ0n) is 15.2. The van der Waals surface area contributed by atoms with Gasteiger partial charge in [-0.1, -0.05) is 30.3 Å². The second-order valence-electron chi connectivity index (χ2n) is 6.95. The lowest BCUT2D eigenvalue weighted by atomic mass is 10.1. The third-order valence-corrected chi connectivity index (χ3v) is 4.88. The maximum Gasteiger partial charge on any atom is 0.229 e. The average molecular weight is 336 g/mol. The lowest BCUT2D eigenvalue weighted by molar-refractivity contribution is -0.122. The van der Waals surface area contributed by atoms with Crippen molar-refractivity contribution < 1.29 is 9.59 Å². The summed E-state index contributed by atoms with van der Waals surface area (Å²) in [7, 11) is 0. The first-order valence-electron chi connectivity index (χ1n) is 8.61. The Bertz CT molecular complexity index is 822. The van der Waals surface area contributed by atoms with Crippen molar-refractivity contribution in [3.63, 3.8) is 0 Å². The Kier molecular flexibility index (Phi) is 4.62. The number of carbonyl (C=O) groups excluding carboxylic acids is 2. The van der Waals surface area contributed by atoms with Gasteiger partial charge in [0, 0.05) is 24.3 Å². The van der Waals surface area contributed by atoms with Gasteiger partial charge < -0.3 is 10.2 Å². The number of aryl methyl sites for hydroxylation is 4. The van der Waals surface area contributed by atoms with Gasteiger partial charge in [-0.3, -0.25) is 9.59 Å². The monoisotopic (exact) mass is 336 g/mol. The Morgan fingerprint density at radius 3 is 2.40 bits per heavy atom. The number of carbonyl (C=O) groups is 2. The molecule has 4 nitrogen and oxygen atoms in total. The summed E-state index contributed by atoms with van der Waals surface area (Å²) >= 11 is 0. The molecule has 1 fully saturated rings. The lowest BCUT2D eigenvalue weighted by Crippen LogP contribution is -2.29. The van der Waals surface area contributed by atoms with Crippen LogP contribution in [-0.4, -0.2) is 18.4 Å². The molecule has 130 valence electrons. The highest BCUT2D eigenvalue weighted by atomic mass is 16.2. The third-order valence-electron chi connectivity index (χ3n) is 4.88. The highest BCUT2D eigenvalue weighted by Crippen LogP contribution is 2.30. The number of para-hydroxylation sites is 1. The standard InChI is InChI=1S/C21H24N2O2/c1-13-8-9-14(2)18(10-13)23-12-17(11-19(23)24)21(25)22-20-15(3)6-5-7-16(20)4/h5-10,17H,11-12H2,1-4H3,(H,22,25)/t17-/m0/s1. The second-order valence-corrected chi connectivity index (χ2v) is 6.95. The van der Waals surface area contributed by atoms with E-state index in [0.29, 0.717) is 6.54 Å². The Balaban J connectivity index is 1.78. The van der Waals surface area contributed by atoms with E-state index < -0.39 is 0 Å². The molecule has 0 aromatic heterocycles. The van der Waals surface area contributed by atoms with Crippen molar-refractivity contribution in [3.05, 3.63) is 58.7 Å². The van der Waals surface area contributed by atoms with Crippen molar-refractivity contribution in [2.24, 2.45) is 5.92 Å². The largest absolute Gasteiger partial charge is 0.325 e. The van der Waals surface area contributed by atoms with Crippen LogP contribution in [0.25, 0.3) is 0 Å². The number of nitrogens with one attached hydrogen (secondary N) is 1. The van der Waals surface area contributed by atoms with Gasteiger partial charge in [0.1, 0.15) is 0 Å². The molecule has 1 saturated heterocycles. The average Bonchev–Trinajstić information content (AvgIpc) is 2.95. The summed E-state index contributed by atoms with van der Waals surface area (Å²) in [5, 5.41) is 3.02. The summed E-state index contributed by atoms with van der Waals surface area (Å²) in [6, 6.07) is 12.0. The van der Waals surface area contributed by atoms with Crippen LogP contribution >= 0.6 is 0 Å². The van der Waals surface area contributed by atoms with Crippen LogP contribution < -0.4 is 10.2 Å². The molecule has 0 spiro atoms. The van der Waals surface area contributed by atoms with E-state index in [2.05, 4.69) is 5.32 Å². The number of hydrogen-bond donors (Lipinski definition) is 1. The van der Waals surface area contributed by atoms with Crippen LogP contribution in [0.1, 0.15) is 28.7 Å². The van der Waals surface area contributed by atoms with E-state index in [9.17, 15) is 9.59 Å². The topological polar surface area (TPSA) is 49.4 Å². The zero-order valence-corrected chi connectivity index (χ0v) is 15.2. The van der Waals surface area contributed by atoms with E-state index in [0.717, 1.165) is 33.6 Å². The Morgan fingerprint density at radius 1 is 1.04 bits per heavy atom. The van der Waals surface area contributed by atoms with E-state index in [1.807, 2.05) is 64.1 Å². The van der Waals surface area contributed by atoms with Gasteiger partial charge in [0.25, 0.3) is 0 Å². The fraction of sp³-hybridized carbons (Fsp3) is 0.333. The second kappa shape index (κ2) is 6.71. The molecular weight excluding hydrogens is 312 g/mol. The summed E-state index contributed by atoms with van der Waals surface area (Å²) in [6.45, 7) is 8.39. The molecule has 2 aromatic rings. The Morgan fingerprint density at radius 2 is 1.72 bits per heavy atom. The molecule has 4 heteroatoms. The van der Waals surface area contributed by atoms with Gasteiger partial charge in [0.2, 0.25) is 11.8 Å². The Hall–Kier alpha value is -2.62. The smallest absolute Gasteiger partial charge is 0.229 e. The molecule has 0 saturated carbocycles. The van der Waals surface area contributed by atoms with E-state index in [1.54, 1.807) is 4.90 Å². The first kappa shape index (κ1) is 17.2. The van der Waals surface area contributed by atoms with Crippen molar-refractivity contribution in [3.8, 4) is 0 Å². The highest BCUT2D eigenvalue weighted by Gasteiger charge is 2.35. The number of hydrogen-bond acceptors (Lipinski definition) is 2. The molecule has 0 aliphatic carbocycles. The van der Waals surface area contributed by atoms with Gasteiger partial charge in [0.15, 0.2) is 0 Å². The SMILES string of the molecule is Cc1ccc(C)c(N2C[C@@H](C(=O)Nc3c(C)cccc3C)CC2=O)c1. The predicted octanol–water partition coefficient (Wildman–Crippen LogP) is 3.91. The van der Waals surface area contributed by atoms with Crippen molar-refractivity contribution in [2.75, 3.05) is 16.8 Å². The van der Waals surface area contributed by atoms with Crippen molar-refractivity contribution in [2.45, 2.75) is 34.1 Å². The number of nitrogens with zero attached hydrogens (tertiary/aromatic N) is 1. The molecule has 0 radical (unpaired) electrons. The fourth-order valence-corrected chi connectivity index (χ4v) is 3.36. The quantitative estimate of drug-likeness (QED) is 0.924. The van der Waals surface area contributed by atoms with Crippen molar-refractivity contribution in [1.29, 1.82) is 0 Å². The van der Waals surface area contributed by atoms with Crippen LogP contribution in [0.2, 0.25) is 0 Å². The lowest BCUT2D eigenvalue weighted by Gasteiger charge is -2.20. The predicted molar refractivity (Wildman–Crippen MR) is 101 cm³/mol. The fourth-order valence-electron chi connectivity index (χ4n) is 3.36. The molecular formula is C21H24N2O2. The number of anilines is 2. The van der Waals surface area contributed by atoms with Crippen LogP contribution in [0.3, 0.4) is 0 Å². The molecule has 1 aliphatic rings. The van der Waals surface area contributed by atoms with Gasteiger partial charge >= 0.3 is 0 Å². The summed E-state index contributed by atoms with van der Waals surface area (Å²) in [6.07, 6.45) is 0.254. The van der Waals surface area contributed by atoms with Crippen molar-refractivity contribution in [1.82, 2.24) is 0 Å². The van der Waals surface area contributed by atoms with Crippen LogP contribution in [-0.2, 0) is 9.59 Å².